The zero-order chi connectivity index (χ0) is 20.1. The Hall–Kier alpha value is -2.26. The first-order valence-electron chi connectivity index (χ1n) is 10.6. The molecule has 2 bridgehead atoms. The quantitative estimate of drug-likeness (QED) is 0.619. The molecule has 4 heteroatoms. The summed E-state index contributed by atoms with van der Waals surface area (Å²) >= 11 is 5.96. The minimum atomic E-state index is -0.0250. The number of hydrogen-bond acceptors (Lipinski definition) is 3. The minimum Gasteiger partial charge on any atom is -0.511 e. The molecule has 2 aromatic carbocycles. The van der Waals surface area contributed by atoms with Crippen LogP contribution in [0.4, 0.5) is 0 Å². The van der Waals surface area contributed by atoms with Crippen molar-refractivity contribution in [2.45, 2.75) is 39.0 Å². The molecule has 3 saturated carbocycles. The molecule has 0 aliphatic heterocycles. The summed E-state index contributed by atoms with van der Waals surface area (Å²) in [6.07, 6.45) is 5.31. The molecule has 0 radical (unpaired) electrons. The van der Waals surface area contributed by atoms with Crippen molar-refractivity contribution in [3.8, 4) is 11.5 Å². The van der Waals surface area contributed by atoms with Crippen LogP contribution in [0.25, 0.3) is 5.57 Å². The second-order valence-electron chi connectivity index (χ2n) is 8.58. The van der Waals surface area contributed by atoms with Crippen molar-refractivity contribution in [2.24, 2.45) is 23.7 Å². The Labute approximate surface area is 176 Å². The van der Waals surface area contributed by atoms with Crippen LogP contribution in [-0.4, -0.2) is 10.9 Å². The first-order valence-corrected chi connectivity index (χ1v) is 11.0. The highest BCUT2D eigenvalue weighted by molar-refractivity contribution is 6.30. The van der Waals surface area contributed by atoms with Gasteiger partial charge in [0.25, 0.3) is 0 Å². The van der Waals surface area contributed by atoms with Crippen LogP contribution in [0.3, 0.4) is 0 Å². The summed E-state index contributed by atoms with van der Waals surface area (Å²) in [4.78, 5) is 13.4. The van der Waals surface area contributed by atoms with Gasteiger partial charge < -0.3 is 9.84 Å². The van der Waals surface area contributed by atoms with E-state index in [0.717, 1.165) is 43.2 Å². The average molecular weight is 409 g/mol. The van der Waals surface area contributed by atoms with Gasteiger partial charge in [-0.15, -0.1) is 0 Å². The maximum atomic E-state index is 13.4. The van der Waals surface area contributed by atoms with E-state index in [4.69, 9.17) is 16.3 Å². The number of halogens is 1. The topological polar surface area (TPSA) is 46.5 Å². The number of allylic oxidation sites excluding steroid dienone is 2. The first-order chi connectivity index (χ1) is 14.1. The third-order valence-electron chi connectivity index (χ3n) is 7.12. The zero-order valence-electron chi connectivity index (χ0n) is 16.5. The van der Waals surface area contributed by atoms with E-state index < -0.39 is 0 Å². The Bertz CT molecular complexity index is 984. The number of fused-ring (bicyclic) bond motifs is 2. The van der Waals surface area contributed by atoms with E-state index in [2.05, 4.69) is 6.92 Å². The predicted molar refractivity (Wildman–Crippen MR) is 114 cm³/mol. The first kappa shape index (κ1) is 18.7. The SMILES string of the molecule is CCc1ccc(Oc2ccc(Cl)cc2)cc1C1=C(O)C2C(C1=O)[C@H]1CC[C@@H]2CC1. The smallest absolute Gasteiger partial charge is 0.170 e. The van der Waals surface area contributed by atoms with E-state index in [0.29, 0.717) is 39.7 Å². The maximum absolute atomic E-state index is 13.4. The van der Waals surface area contributed by atoms with E-state index in [1.165, 1.54) is 0 Å². The molecule has 1 N–H and O–H groups in total. The van der Waals surface area contributed by atoms with Gasteiger partial charge in [0, 0.05) is 16.9 Å². The molecule has 0 spiro atoms. The number of Topliss-reactive ketones (excluding diaryl/α,β-unsaturated/α-hetero) is 1. The third-order valence-corrected chi connectivity index (χ3v) is 7.37. The second kappa shape index (κ2) is 7.21. The van der Waals surface area contributed by atoms with Gasteiger partial charge in [-0.1, -0.05) is 24.6 Å². The van der Waals surface area contributed by atoms with E-state index in [1.54, 1.807) is 12.1 Å². The third kappa shape index (κ3) is 3.07. The minimum absolute atomic E-state index is 0.0237. The predicted octanol–water partition coefficient (Wildman–Crippen LogP) is 6.60. The lowest BCUT2D eigenvalue weighted by Gasteiger charge is -2.44. The Kier molecular flexibility index (Phi) is 4.66. The number of ether oxygens (including phenoxy) is 1. The molecule has 3 nitrogen and oxygen atoms in total. The maximum Gasteiger partial charge on any atom is 0.170 e. The second-order valence-corrected chi connectivity index (χ2v) is 9.02. The van der Waals surface area contributed by atoms with Crippen molar-refractivity contribution in [3.63, 3.8) is 0 Å². The highest BCUT2D eigenvalue weighted by Crippen LogP contribution is 2.57. The van der Waals surface area contributed by atoms with Crippen LogP contribution in [0.1, 0.15) is 43.7 Å². The van der Waals surface area contributed by atoms with E-state index in [9.17, 15) is 9.90 Å². The van der Waals surface area contributed by atoms with Crippen molar-refractivity contribution in [1.82, 2.24) is 0 Å². The molecule has 3 fully saturated rings. The fraction of sp³-hybridized carbons (Fsp3) is 0.400. The lowest BCUT2D eigenvalue weighted by atomic mass is 9.59. The Morgan fingerprint density at radius 2 is 1.59 bits per heavy atom. The molecule has 6 rings (SSSR count). The van der Waals surface area contributed by atoms with Crippen LogP contribution in [0.15, 0.2) is 48.2 Å². The summed E-state index contributed by atoms with van der Waals surface area (Å²) in [7, 11) is 0. The number of aryl methyl sites for hydroxylation is 1. The van der Waals surface area contributed by atoms with Gasteiger partial charge in [0.1, 0.15) is 17.3 Å². The Morgan fingerprint density at radius 1 is 0.966 bits per heavy atom. The van der Waals surface area contributed by atoms with Crippen molar-refractivity contribution in [3.05, 3.63) is 64.4 Å². The number of carbonyl (C=O) groups excluding carboxylic acids is 1. The average Bonchev–Trinajstić information content (AvgIpc) is 3.03. The summed E-state index contributed by atoms with van der Waals surface area (Å²) in [5.41, 5.74) is 2.43. The standard InChI is InChI=1S/C25H25ClO3/c1-2-14-7-10-19(29-18-11-8-17(26)9-12-18)13-20(14)23-24(27)21-15-3-4-16(6-5-15)22(21)25(23)28/h7-13,15-16,21-22,27H,2-6H2,1H3/t15-,16+,21?,22?. The number of rotatable bonds is 4. The van der Waals surface area contributed by atoms with Crippen LogP contribution >= 0.6 is 11.6 Å². The largest absolute Gasteiger partial charge is 0.511 e. The van der Waals surface area contributed by atoms with Crippen molar-refractivity contribution in [2.75, 3.05) is 0 Å². The van der Waals surface area contributed by atoms with Crippen LogP contribution in [0, 0.1) is 23.7 Å². The van der Waals surface area contributed by atoms with Gasteiger partial charge in [-0.25, -0.2) is 0 Å². The number of ketones is 1. The van der Waals surface area contributed by atoms with E-state index >= 15 is 0 Å². The molecule has 0 saturated heterocycles. The fourth-order valence-electron chi connectivity index (χ4n) is 5.75. The summed E-state index contributed by atoms with van der Waals surface area (Å²) in [6, 6.07) is 13.0. The summed E-state index contributed by atoms with van der Waals surface area (Å²) in [5, 5.41) is 11.8. The summed E-state index contributed by atoms with van der Waals surface area (Å²) < 4.78 is 6.00. The van der Waals surface area contributed by atoms with Crippen LogP contribution < -0.4 is 4.74 Å². The summed E-state index contributed by atoms with van der Waals surface area (Å²) in [6.45, 7) is 2.08. The number of hydrogen-bond donors (Lipinski definition) is 1. The van der Waals surface area contributed by atoms with Gasteiger partial charge in [0.2, 0.25) is 0 Å². The number of aliphatic hydroxyl groups excluding tert-OH is 1. The molecule has 2 atom stereocenters. The molecule has 4 aliphatic carbocycles. The van der Waals surface area contributed by atoms with Gasteiger partial charge in [-0.05, 0) is 91.5 Å². The zero-order valence-corrected chi connectivity index (χ0v) is 17.3. The van der Waals surface area contributed by atoms with Crippen molar-refractivity contribution < 1.29 is 14.6 Å². The van der Waals surface area contributed by atoms with Gasteiger partial charge in [-0.3, -0.25) is 4.79 Å². The molecule has 2 unspecified atom stereocenters. The number of aliphatic hydroxyl groups is 1. The van der Waals surface area contributed by atoms with E-state index in [-0.39, 0.29) is 17.6 Å². The monoisotopic (exact) mass is 408 g/mol. The van der Waals surface area contributed by atoms with Crippen LogP contribution in [0.5, 0.6) is 11.5 Å². The highest BCUT2D eigenvalue weighted by atomic mass is 35.5. The van der Waals surface area contributed by atoms with Gasteiger partial charge in [0.15, 0.2) is 5.78 Å². The molecule has 2 aromatic rings. The Balaban J connectivity index is 1.54. The normalized spacial score (nSPS) is 28.0. The summed E-state index contributed by atoms with van der Waals surface area (Å²) in [5.74, 6) is 2.69. The lowest BCUT2D eigenvalue weighted by Crippen LogP contribution is -2.41. The number of benzene rings is 2. The highest BCUT2D eigenvalue weighted by Gasteiger charge is 2.54. The van der Waals surface area contributed by atoms with Crippen LogP contribution in [0.2, 0.25) is 5.02 Å². The number of carbonyl (C=O) groups is 1. The molecular weight excluding hydrogens is 384 g/mol. The Morgan fingerprint density at radius 3 is 2.21 bits per heavy atom. The van der Waals surface area contributed by atoms with Crippen LogP contribution in [-0.2, 0) is 11.2 Å². The van der Waals surface area contributed by atoms with Gasteiger partial charge in [-0.2, -0.15) is 0 Å². The van der Waals surface area contributed by atoms with E-state index in [1.807, 2.05) is 30.3 Å². The van der Waals surface area contributed by atoms with Crippen molar-refractivity contribution >= 4 is 23.0 Å². The molecular formula is C25H25ClO3. The van der Waals surface area contributed by atoms with Gasteiger partial charge in [0.05, 0.1) is 5.57 Å². The molecule has 4 aliphatic rings. The molecule has 29 heavy (non-hydrogen) atoms. The van der Waals surface area contributed by atoms with Gasteiger partial charge >= 0.3 is 0 Å². The molecule has 150 valence electrons. The molecule has 0 amide bonds. The lowest BCUT2D eigenvalue weighted by molar-refractivity contribution is -0.123. The molecule has 0 aromatic heterocycles. The van der Waals surface area contributed by atoms with Crippen molar-refractivity contribution in [1.29, 1.82) is 0 Å². The molecule has 0 heterocycles. The fourth-order valence-corrected chi connectivity index (χ4v) is 5.88.